The Balaban J connectivity index is 1.98. The zero-order chi connectivity index (χ0) is 12.6. The van der Waals surface area contributed by atoms with Crippen molar-refractivity contribution in [2.75, 3.05) is 6.61 Å². The molecule has 0 aliphatic carbocycles. The van der Waals surface area contributed by atoms with Crippen LogP contribution in [0.25, 0.3) is 11.3 Å². The summed E-state index contributed by atoms with van der Waals surface area (Å²) in [7, 11) is 0. The third-order valence-electron chi connectivity index (χ3n) is 2.88. The predicted molar refractivity (Wildman–Crippen MR) is 70.7 cm³/mol. The predicted octanol–water partition coefficient (Wildman–Crippen LogP) is 3.50. The average Bonchev–Trinajstić information content (AvgIpc) is 2.98. The topological polar surface area (TPSA) is 34.7 Å². The first kappa shape index (κ1) is 11.1. The van der Waals surface area contributed by atoms with Crippen LogP contribution in [0.3, 0.4) is 0 Å². The van der Waals surface area contributed by atoms with Crippen molar-refractivity contribution in [1.29, 1.82) is 0 Å². The van der Waals surface area contributed by atoms with Crippen LogP contribution in [0, 0.1) is 0 Å². The van der Waals surface area contributed by atoms with Gasteiger partial charge in [0.15, 0.2) is 0 Å². The third kappa shape index (κ3) is 2.04. The van der Waals surface area contributed by atoms with Crippen LogP contribution in [0.4, 0.5) is 0 Å². The highest BCUT2D eigenvalue weighted by Gasteiger charge is 2.27. The molecule has 0 saturated carbocycles. The lowest BCUT2D eigenvalue weighted by Gasteiger charge is -2.07. The van der Waals surface area contributed by atoms with E-state index in [0.717, 1.165) is 16.9 Å². The van der Waals surface area contributed by atoms with Crippen LogP contribution in [-0.4, -0.2) is 18.0 Å². The molecule has 2 heterocycles. The zero-order valence-electron chi connectivity index (χ0n) is 10.5. The van der Waals surface area contributed by atoms with Gasteiger partial charge < -0.3 is 9.15 Å². The van der Waals surface area contributed by atoms with Crippen molar-refractivity contribution < 1.29 is 9.15 Å². The Morgan fingerprint density at radius 1 is 1.11 bits per heavy atom. The second-order valence-electron chi connectivity index (χ2n) is 5.08. The highest BCUT2D eigenvalue weighted by atomic mass is 16.5. The van der Waals surface area contributed by atoms with Crippen LogP contribution < -0.4 is 0 Å². The Kier molecular flexibility index (Phi) is 2.47. The molecule has 0 spiro atoms. The van der Waals surface area contributed by atoms with Crippen molar-refractivity contribution in [3.05, 3.63) is 48.2 Å². The van der Waals surface area contributed by atoms with Gasteiger partial charge in [-0.3, -0.25) is 0 Å². The van der Waals surface area contributed by atoms with E-state index in [9.17, 15) is 0 Å². The number of ether oxygens (including phenoxy) is 1. The summed E-state index contributed by atoms with van der Waals surface area (Å²) in [4.78, 5) is 4.58. The van der Waals surface area contributed by atoms with Gasteiger partial charge in [0.1, 0.15) is 12.4 Å². The van der Waals surface area contributed by atoms with Gasteiger partial charge in [-0.15, -0.1) is 0 Å². The minimum absolute atomic E-state index is 0.129. The van der Waals surface area contributed by atoms with Crippen molar-refractivity contribution >= 4 is 5.90 Å². The van der Waals surface area contributed by atoms with E-state index in [1.54, 1.807) is 6.26 Å². The summed E-state index contributed by atoms with van der Waals surface area (Å²) in [5.41, 5.74) is 1.90. The average molecular weight is 241 g/mol. The first-order valence-electron chi connectivity index (χ1n) is 6.01. The highest BCUT2D eigenvalue weighted by molar-refractivity contribution is 5.96. The first-order valence-corrected chi connectivity index (χ1v) is 6.01. The van der Waals surface area contributed by atoms with Gasteiger partial charge in [0.05, 0.1) is 11.8 Å². The quantitative estimate of drug-likeness (QED) is 0.806. The lowest BCUT2D eigenvalue weighted by molar-refractivity contribution is 0.279. The molecule has 0 bridgehead atoms. The van der Waals surface area contributed by atoms with Crippen LogP contribution in [0.1, 0.15) is 19.4 Å². The van der Waals surface area contributed by atoms with Crippen molar-refractivity contribution in [1.82, 2.24) is 0 Å². The van der Waals surface area contributed by atoms with E-state index in [1.165, 1.54) is 0 Å². The van der Waals surface area contributed by atoms with Crippen molar-refractivity contribution in [3.8, 4) is 11.3 Å². The second-order valence-corrected chi connectivity index (χ2v) is 5.08. The fraction of sp³-hybridized carbons (Fsp3) is 0.267. The zero-order valence-corrected chi connectivity index (χ0v) is 10.5. The molecule has 1 aromatic carbocycles. The fourth-order valence-electron chi connectivity index (χ4n) is 1.98. The third-order valence-corrected chi connectivity index (χ3v) is 2.88. The summed E-state index contributed by atoms with van der Waals surface area (Å²) in [6.07, 6.45) is 1.68. The van der Waals surface area contributed by atoms with E-state index in [4.69, 9.17) is 9.15 Å². The van der Waals surface area contributed by atoms with Crippen LogP contribution in [0.5, 0.6) is 0 Å². The molecule has 92 valence electrons. The maximum absolute atomic E-state index is 5.65. The minimum Gasteiger partial charge on any atom is -0.475 e. The lowest BCUT2D eigenvalue weighted by Crippen LogP contribution is -2.17. The molecule has 0 radical (unpaired) electrons. The second kappa shape index (κ2) is 4.02. The summed E-state index contributed by atoms with van der Waals surface area (Å²) in [6.45, 7) is 4.76. The SMILES string of the molecule is CC1(C)COC(c2cccc(-c3ccco3)c2)=N1. The van der Waals surface area contributed by atoms with E-state index in [1.807, 2.05) is 36.4 Å². The van der Waals surface area contributed by atoms with Gasteiger partial charge in [-0.1, -0.05) is 12.1 Å². The van der Waals surface area contributed by atoms with Crippen molar-refractivity contribution in [2.45, 2.75) is 19.4 Å². The summed E-state index contributed by atoms with van der Waals surface area (Å²) in [6, 6.07) is 11.9. The molecule has 0 saturated heterocycles. The highest BCUT2D eigenvalue weighted by Crippen LogP contribution is 2.24. The monoisotopic (exact) mass is 241 g/mol. The Morgan fingerprint density at radius 2 is 1.94 bits per heavy atom. The van der Waals surface area contributed by atoms with E-state index in [-0.39, 0.29) is 5.54 Å². The van der Waals surface area contributed by atoms with Gasteiger partial charge in [-0.25, -0.2) is 4.99 Å². The maximum atomic E-state index is 5.65. The number of nitrogens with zero attached hydrogens (tertiary/aromatic N) is 1. The number of furan rings is 1. The number of rotatable bonds is 2. The molecule has 0 N–H and O–H groups in total. The molecule has 0 amide bonds. The fourth-order valence-corrected chi connectivity index (χ4v) is 1.98. The molecule has 0 atom stereocenters. The van der Waals surface area contributed by atoms with E-state index >= 15 is 0 Å². The molecule has 1 aliphatic rings. The molecule has 0 fully saturated rings. The number of hydrogen-bond acceptors (Lipinski definition) is 3. The first-order chi connectivity index (χ1) is 8.64. The smallest absolute Gasteiger partial charge is 0.216 e. The summed E-state index contributed by atoms with van der Waals surface area (Å²) in [5, 5.41) is 0. The molecule has 0 unspecified atom stereocenters. The van der Waals surface area contributed by atoms with Crippen molar-refractivity contribution in [3.63, 3.8) is 0 Å². The van der Waals surface area contributed by atoms with Crippen LogP contribution in [-0.2, 0) is 4.74 Å². The molecular formula is C15H15NO2. The van der Waals surface area contributed by atoms with E-state index < -0.39 is 0 Å². The van der Waals surface area contributed by atoms with Gasteiger partial charge in [0.2, 0.25) is 5.90 Å². The molecule has 3 nitrogen and oxygen atoms in total. The number of benzene rings is 1. The standard InChI is InChI=1S/C15H15NO2/c1-15(2)10-18-14(16-15)12-6-3-5-11(9-12)13-7-4-8-17-13/h3-9H,10H2,1-2H3. The Hall–Kier alpha value is -2.03. The molecule has 3 heteroatoms. The van der Waals surface area contributed by atoms with Gasteiger partial charge in [0.25, 0.3) is 0 Å². The Labute approximate surface area is 106 Å². The van der Waals surface area contributed by atoms with Crippen molar-refractivity contribution in [2.24, 2.45) is 4.99 Å². The Morgan fingerprint density at radius 3 is 2.61 bits per heavy atom. The van der Waals surface area contributed by atoms with Gasteiger partial charge in [0, 0.05) is 11.1 Å². The Bertz CT molecular complexity index is 582. The summed E-state index contributed by atoms with van der Waals surface area (Å²) < 4.78 is 11.0. The molecule has 3 rings (SSSR count). The summed E-state index contributed by atoms with van der Waals surface area (Å²) in [5.74, 6) is 1.57. The number of aliphatic imine (C=N–C) groups is 1. The van der Waals surface area contributed by atoms with Gasteiger partial charge in [-0.05, 0) is 38.1 Å². The summed E-state index contributed by atoms with van der Waals surface area (Å²) >= 11 is 0. The van der Waals surface area contributed by atoms with Crippen LogP contribution >= 0.6 is 0 Å². The van der Waals surface area contributed by atoms with Crippen LogP contribution in [0.2, 0.25) is 0 Å². The normalized spacial score (nSPS) is 17.3. The molecule has 2 aromatic rings. The largest absolute Gasteiger partial charge is 0.475 e. The van der Waals surface area contributed by atoms with Crippen LogP contribution in [0.15, 0.2) is 52.1 Å². The van der Waals surface area contributed by atoms with Gasteiger partial charge in [-0.2, -0.15) is 0 Å². The lowest BCUT2D eigenvalue weighted by atomic mass is 10.1. The van der Waals surface area contributed by atoms with E-state index in [0.29, 0.717) is 12.5 Å². The van der Waals surface area contributed by atoms with E-state index in [2.05, 4.69) is 18.8 Å². The molecule has 1 aliphatic heterocycles. The van der Waals surface area contributed by atoms with Gasteiger partial charge >= 0.3 is 0 Å². The minimum atomic E-state index is -0.129. The maximum Gasteiger partial charge on any atom is 0.216 e. The molecule has 18 heavy (non-hydrogen) atoms. The molecule has 1 aromatic heterocycles. The molecular weight excluding hydrogens is 226 g/mol. The number of hydrogen-bond donors (Lipinski definition) is 0.